The van der Waals surface area contributed by atoms with Gasteiger partial charge in [-0.1, -0.05) is 0 Å². The van der Waals surface area contributed by atoms with Crippen LogP contribution < -0.4 is 0 Å². The van der Waals surface area contributed by atoms with Crippen molar-refractivity contribution in [1.82, 2.24) is 0 Å². The second-order valence-electron chi connectivity index (χ2n) is 4.54. The van der Waals surface area contributed by atoms with Crippen LogP contribution in [0.1, 0.15) is 51.4 Å². The minimum atomic E-state index is -0.0625. The molecule has 2 aliphatic carbocycles. The second kappa shape index (κ2) is 4.04. The van der Waals surface area contributed by atoms with Crippen LogP contribution in [0.3, 0.4) is 0 Å². The molecule has 11 heavy (non-hydrogen) atoms. The maximum absolute atomic E-state index is 1.64. The van der Waals surface area contributed by atoms with E-state index in [9.17, 15) is 0 Å². The molecule has 0 aromatic carbocycles. The molecule has 1 heteroatoms. The Kier molecular flexibility index (Phi) is 3.03. The van der Waals surface area contributed by atoms with Gasteiger partial charge < -0.3 is 0 Å². The molecule has 0 aromatic heterocycles. The Balaban J connectivity index is 1.71. The van der Waals surface area contributed by atoms with Crippen molar-refractivity contribution < 1.29 is 0 Å². The molecule has 0 amide bonds. The summed E-state index contributed by atoms with van der Waals surface area (Å²) in [5.41, 5.74) is 0. The van der Waals surface area contributed by atoms with E-state index in [-0.39, 0.29) is 17.4 Å². The zero-order valence-electron chi connectivity index (χ0n) is 7.52. The fourth-order valence-electron chi connectivity index (χ4n) is 2.96. The summed E-state index contributed by atoms with van der Waals surface area (Å²) < 4.78 is 2.65. The Labute approximate surface area is 77.9 Å². The Morgan fingerprint density at radius 3 is 1.36 bits per heavy atom. The van der Waals surface area contributed by atoms with E-state index >= 15 is 0 Å². The van der Waals surface area contributed by atoms with Crippen molar-refractivity contribution in [2.45, 2.75) is 60.3 Å². The quantitative estimate of drug-likeness (QED) is 0.612. The van der Waals surface area contributed by atoms with E-state index in [0.29, 0.717) is 0 Å². The predicted octanol–water partition coefficient (Wildman–Crippen LogP) is 3.15. The van der Waals surface area contributed by atoms with E-state index in [0.717, 1.165) is 0 Å². The van der Waals surface area contributed by atoms with Crippen LogP contribution >= 0.6 is 0 Å². The summed E-state index contributed by atoms with van der Waals surface area (Å²) in [5.74, 6) is 0. The third-order valence-corrected chi connectivity index (χ3v) is 9.84. The average Bonchev–Trinajstić information content (AvgIpc) is 2.60. The molecule has 2 aliphatic rings. The van der Waals surface area contributed by atoms with Gasteiger partial charge in [0.2, 0.25) is 0 Å². The Bertz CT molecular complexity index is 96.0. The van der Waals surface area contributed by atoms with Gasteiger partial charge >= 0.3 is 77.7 Å². The zero-order chi connectivity index (χ0) is 7.52. The zero-order valence-corrected chi connectivity index (χ0v) is 10.5. The predicted molar refractivity (Wildman–Crippen MR) is 51.6 cm³/mol. The van der Waals surface area contributed by atoms with Crippen LogP contribution in [-0.2, 0) is 0 Å². The molecule has 0 aromatic rings. The van der Waals surface area contributed by atoms with Crippen LogP contribution in [0.2, 0.25) is 8.94 Å². The molecule has 0 heterocycles. The van der Waals surface area contributed by atoms with Crippen molar-refractivity contribution in [1.29, 1.82) is 0 Å². The van der Waals surface area contributed by atoms with Crippen LogP contribution in [0.25, 0.3) is 0 Å². The second-order valence-corrected chi connectivity index (χ2v) is 10.4. The fourth-order valence-corrected chi connectivity index (χ4v) is 9.34. The first-order valence-corrected chi connectivity index (χ1v) is 8.88. The van der Waals surface area contributed by atoms with Crippen molar-refractivity contribution in [3.63, 3.8) is 0 Å². The van der Waals surface area contributed by atoms with Gasteiger partial charge in [-0.15, -0.1) is 0 Å². The molecule has 0 spiro atoms. The van der Waals surface area contributed by atoms with E-state index in [4.69, 9.17) is 0 Å². The Morgan fingerprint density at radius 2 is 1.00 bits per heavy atom. The number of rotatable bonds is 2. The molecule has 0 radical (unpaired) electrons. The molecule has 2 fully saturated rings. The summed E-state index contributed by atoms with van der Waals surface area (Å²) in [7, 11) is 0. The van der Waals surface area contributed by atoms with E-state index in [2.05, 4.69) is 0 Å². The van der Waals surface area contributed by atoms with Gasteiger partial charge in [0.05, 0.1) is 0 Å². The van der Waals surface area contributed by atoms with Crippen LogP contribution in [0.5, 0.6) is 0 Å². The standard InChI is InChI=1S/2C5H9.Ga.H/c2*1-2-4-5-3-1;;/h2*1H,2-5H2;;. The number of hydrogen-bond acceptors (Lipinski definition) is 0. The van der Waals surface area contributed by atoms with E-state index in [1.807, 2.05) is 0 Å². The van der Waals surface area contributed by atoms with Gasteiger partial charge in [0.15, 0.2) is 0 Å². The van der Waals surface area contributed by atoms with Crippen molar-refractivity contribution in [2.24, 2.45) is 0 Å². The SMILES string of the molecule is C1CC[CH]([GaH][CH]2CCCC2)C1. The molecule has 62 valence electrons. The maximum atomic E-state index is 1.64. The van der Waals surface area contributed by atoms with Gasteiger partial charge in [-0.05, 0) is 0 Å². The van der Waals surface area contributed by atoms with E-state index < -0.39 is 0 Å². The van der Waals surface area contributed by atoms with Gasteiger partial charge in [-0.25, -0.2) is 0 Å². The summed E-state index contributed by atoms with van der Waals surface area (Å²) in [4.78, 5) is 0. The van der Waals surface area contributed by atoms with Crippen molar-refractivity contribution in [2.75, 3.05) is 0 Å². The molecule has 0 aliphatic heterocycles. The van der Waals surface area contributed by atoms with Crippen LogP contribution in [-0.4, -0.2) is 17.4 Å². The van der Waals surface area contributed by atoms with Crippen molar-refractivity contribution >= 4 is 17.4 Å². The molecule has 0 saturated heterocycles. The van der Waals surface area contributed by atoms with Crippen LogP contribution in [0.15, 0.2) is 0 Å². The summed E-state index contributed by atoms with van der Waals surface area (Å²) >= 11 is -0.0625. The fraction of sp³-hybridized carbons (Fsp3) is 1.00. The van der Waals surface area contributed by atoms with Gasteiger partial charge in [0.25, 0.3) is 0 Å². The normalized spacial score (nSPS) is 28.0. The van der Waals surface area contributed by atoms with Crippen molar-refractivity contribution in [3.8, 4) is 0 Å². The molecule has 2 rings (SSSR count). The first-order valence-electron chi connectivity index (χ1n) is 5.45. The van der Waals surface area contributed by atoms with Gasteiger partial charge in [0, 0.05) is 0 Å². The molecular weight excluding hydrogens is 190 g/mol. The van der Waals surface area contributed by atoms with Gasteiger partial charge in [0.1, 0.15) is 0 Å². The third kappa shape index (κ3) is 2.28. The number of hydrogen-bond donors (Lipinski definition) is 0. The summed E-state index contributed by atoms with van der Waals surface area (Å²) in [6.07, 6.45) is 12.8. The molecule has 0 nitrogen and oxygen atoms in total. The third-order valence-electron chi connectivity index (χ3n) is 3.62. The van der Waals surface area contributed by atoms with Crippen LogP contribution in [0, 0.1) is 0 Å². The topological polar surface area (TPSA) is 0 Å². The molecule has 0 bridgehead atoms. The van der Waals surface area contributed by atoms with Gasteiger partial charge in [-0.2, -0.15) is 0 Å². The summed E-state index contributed by atoms with van der Waals surface area (Å²) in [6.45, 7) is 0. The summed E-state index contributed by atoms with van der Waals surface area (Å²) in [6, 6.07) is 0. The molecule has 0 unspecified atom stereocenters. The molecular formula is C10H19Ga. The first-order chi connectivity index (χ1) is 5.45. The Morgan fingerprint density at radius 1 is 0.636 bits per heavy atom. The van der Waals surface area contributed by atoms with E-state index in [1.54, 1.807) is 51.4 Å². The molecule has 2 saturated carbocycles. The average molecular weight is 209 g/mol. The van der Waals surface area contributed by atoms with Crippen LogP contribution in [0.4, 0.5) is 0 Å². The summed E-state index contributed by atoms with van der Waals surface area (Å²) in [5, 5.41) is 0. The molecule has 0 N–H and O–H groups in total. The Hall–Kier alpha value is 0.636. The van der Waals surface area contributed by atoms with E-state index in [1.165, 1.54) is 8.94 Å². The van der Waals surface area contributed by atoms with Crippen molar-refractivity contribution in [3.05, 3.63) is 0 Å². The minimum absolute atomic E-state index is 0.0625. The first kappa shape index (κ1) is 8.24. The molecule has 0 atom stereocenters. The van der Waals surface area contributed by atoms with Gasteiger partial charge in [-0.3, -0.25) is 0 Å². The monoisotopic (exact) mass is 208 g/mol.